The molecule has 1 saturated heterocycles. The highest BCUT2D eigenvalue weighted by atomic mass is 32.2. The van der Waals surface area contributed by atoms with Crippen LogP contribution in [0.1, 0.15) is 12.8 Å². The van der Waals surface area contributed by atoms with Crippen LogP contribution in [0.25, 0.3) is 0 Å². The van der Waals surface area contributed by atoms with E-state index in [2.05, 4.69) is 15.0 Å². The van der Waals surface area contributed by atoms with Crippen molar-refractivity contribution in [3.8, 4) is 0 Å². The van der Waals surface area contributed by atoms with E-state index in [1.165, 1.54) is 0 Å². The Labute approximate surface area is 106 Å². The molecular weight excluding hydrogens is 250 g/mol. The Balaban J connectivity index is 1.98. The number of piperidine rings is 1. The van der Waals surface area contributed by atoms with Crippen molar-refractivity contribution in [3.05, 3.63) is 24.3 Å². The lowest BCUT2D eigenvalue weighted by molar-refractivity contribution is 0.457. The van der Waals surface area contributed by atoms with Crippen LogP contribution in [-0.4, -0.2) is 27.3 Å². The van der Waals surface area contributed by atoms with Gasteiger partial charge in [-0.05, 0) is 31.5 Å². The Morgan fingerprint density at radius 3 is 2.89 bits per heavy atom. The van der Waals surface area contributed by atoms with E-state index in [4.69, 9.17) is 0 Å². The van der Waals surface area contributed by atoms with E-state index in [0.29, 0.717) is 11.5 Å². The number of hydrogen-bond donors (Lipinski definition) is 2. The molecule has 96 valence electrons. The number of rotatable bonds is 1. The molecule has 0 amide bonds. The van der Waals surface area contributed by atoms with E-state index in [1.54, 1.807) is 18.2 Å². The molecule has 1 atom stereocenters. The third-order valence-corrected chi connectivity index (χ3v) is 4.68. The standard InChI is InChI=1S/C12H15N3O2S/c16-18(17)11-6-2-1-5-10(11)14-12(15-18)9-4-3-7-13-8-9/h1-2,5-6,9,13H,3-4,7-8H2,(H,14,15). The topological polar surface area (TPSA) is 70.6 Å². The molecule has 1 fully saturated rings. The van der Waals surface area contributed by atoms with Crippen molar-refractivity contribution in [1.82, 2.24) is 5.32 Å². The van der Waals surface area contributed by atoms with Gasteiger partial charge in [-0.25, -0.2) is 0 Å². The van der Waals surface area contributed by atoms with Gasteiger partial charge < -0.3 is 10.6 Å². The molecule has 2 heterocycles. The van der Waals surface area contributed by atoms with Crippen molar-refractivity contribution in [1.29, 1.82) is 0 Å². The summed E-state index contributed by atoms with van der Waals surface area (Å²) in [4.78, 5) is 0.262. The number of benzene rings is 1. The Morgan fingerprint density at radius 2 is 2.11 bits per heavy atom. The predicted molar refractivity (Wildman–Crippen MR) is 70.3 cm³/mol. The number of fused-ring (bicyclic) bond motifs is 1. The SMILES string of the molecule is O=S1(=O)N=C(C2CCCNC2)Nc2ccccc21. The minimum atomic E-state index is -3.54. The summed E-state index contributed by atoms with van der Waals surface area (Å²) in [6, 6.07) is 6.89. The Hall–Kier alpha value is -1.40. The molecule has 0 saturated carbocycles. The van der Waals surface area contributed by atoms with E-state index < -0.39 is 10.0 Å². The first kappa shape index (κ1) is 11.7. The van der Waals surface area contributed by atoms with Crippen LogP contribution < -0.4 is 10.6 Å². The summed E-state index contributed by atoms with van der Waals surface area (Å²) in [5.74, 6) is 0.725. The van der Waals surface area contributed by atoms with Crippen molar-refractivity contribution in [2.24, 2.45) is 10.3 Å². The first-order valence-electron chi connectivity index (χ1n) is 6.08. The van der Waals surface area contributed by atoms with Gasteiger partial charge >= 0.3 is 0 Å². The molecule has 1 aromatic rings. The van der Waals surface area contributed by atoms with Gasteiger partial charge in [-0.2, -0.15) is 8.42 Å². The average Bonchev–Trinajstić information content (AvgIpc) is 2.39. The molecule has 0 aliphatic carbocycles. The Bertz CT molecular complexity index is 589. The zero-order valence-corrected chi connectivity index (χ0v) is 10.7. The largest absolute Gasteiger partial charge is 0.342 e. The summed E-state index contributed by atoms with van der Waals surface area (Å²) < 4.78 is 28.1. The van der Waals surface area contributed by atoms with Crippen molar-refractivity contribution in [2.45, 2.75) is 17.7 Å². The number of para-hydroxylation sites is 1. The molecule has 3 rings (SSSR count). The molecule has 0 aromatic heterocycles. The van der Waals surface area contributed by atoms with Crippen LogP contribution in [0.15, 0.2) is 33.6 Å². The molecular formula is C12H15N3O2S. The summed E-state index contributed by atoms with van der Waals surface area (Å²) in [7, 11) is -3.54. The van der Waals surface area contributed by atoms with Crippen molar-refractivity contribution in [2.75, 3.05) is 18.4 Å². The highest BCUT2D eigenvalue weighted by molar-refractivity contribution is 7.90. The second kappa shape index (κ2) is 4.37. The maximum atomic E-state index is 12.1. The molecule has 5 nitrogen and oxygen atoms in total. The lowest BCUT2D eigenvalue weighted by Crippen LogP contribution is -2.39. The number of nitrogens with zero attached hydrogens (tertiary/aromatic N) is 1. The minimum absolute atomic E-state index is 0.155. The van der Waals surface area contributed by atoms with E-state index >= 15 is 0 Å². The summed E-state index contributed by atoms with van der Waals surface area (Å²) >= 11 is 0. The van der Waals surface area contributed by atoms with Crippen LogP contribution in [0.3, 0.4) is 0 Å². The smallest absolute Gasteiger partial charge is 0.286 e. The fourth-order valence-electron chi connectivity index (χ4n) is 2.40. The summed E-state index contributed by atoms with van der Waals surface area (Å²) in [6.07, 6.45) is 2.02. The number of nitrogens with one attached hydrogen (secondary N) is 2. The van der Waals surface area contributed by atoms with Crippen LogP contribution in [-0.2, 0) is 10.0 Å². The normalized spacial score (nSPS) is 25.8. The second-order valence-electron chi connectivity index (χ2n) is 4.62. The third kappa shape index (κ3) is 2.02. The predicted octanol–water partition coefficient (Wildman–Crippen LogP) is 1.20. The zero-order valence-electron chi connectivity index (χ0n) is 9.89. The molecule has 18 heavy (non-hydrogen) atoms. The minimum Gasteiger partial charge on any atom is -0.342 e. The zero-order chi connectivity index (χ0) is 12.6. The Morgan fingerprint density at radius 1 is 1.28 bits per heavy atom. The van der Waals surface area contributed by atoms with E-state index in [0.717, 1.165) is 25.9 Å². The van der Waals surface area contributed by atoms with E-state index in [9.17, 15) is 8.42 Å². The van der Waals surface area contributed by atoms with Crippen LogP contribution in [0.2, 0.25) is 0 Å². The summed E-state index contributed by atoms with van der Waals surface area (Å²) in [6.45, 7) is 1.77. The molecule has 1 unspecified atom stereocenters. The lowest BCUT2D eigenvalue weighted by atomic mass is 9.98. The van der Waals surface area contributed by atoms with Gasteiger partial charge in [0.1, 0.15) is 10.7 Å². The third-order valence-electron chi connectivity index (χ3n) is 3.33. The van der Waals surface area contributed by atoms with Crippen LogP contribution >= 0.6 is 0 Å². The van der Waals surface area contributed by atoms with Gasteiger partial charge in [-0.3, -0.25) is 0 Å². The van der Waals surface area contributed by atoms with Gasteiger partial charge in [-0.15, -0.1) is 4.40 Å². The van der Waals surface area contributed by atoms with Gasteiger partial charge in [0.15, 0.2) is 0 Å². The summed E-state index contributed by atoms with van der Waals surface area (Å²) in [5.41, 5.74) is 0.632. The summed E-state index contributed by atoms with van der Waals surface area (Å²) in [5, 5.41) is 6.42. The van der Waals surface area contributed by atoms with Crippen molar-refractivity contribution in [3.63, 3.8) is 0 Å². The van der Waals surface area contributed by atoms with Crippen molar-refractivity contribution >= 4 is 21.5 Å². The van der Waals surface area contributed by atoms with Gasteiger partial charge in [0.2, 0.25) is 0 Å². The van der Waals surface area contributed by atoms with Gasteiger partial charge in [0.05, 0.1) is 5.69 Å². The molecule has 0 bridgehead atoms. The van der Waals surface area contributed by atoms with Crippen LogP contribution in [0, 0.1) is 5.92 Å². The lowest BCUT2D eigenvalue weighted by Gasteiger charge is -2.27. The Kier molecular flexibility index (Phi) is 2.83. The van der Waals surface area contributed by atoms with Crippen LogP contribution in [0.5, 0.6) is 0 Å². The highest BCUT2D eigenvalue weighted by Gasteiger charge is 2.29. The molecule has 2 aliphatic rings. The second-order valence-corrected chi connectivity index (χ2v) is 6.19. The molecule has 6 heteroatoms. The molecule has 2 N–H and O–H groups in total. The molecule has 2 aliphatic heterocycles. The van der Waals surface area contributed by atoms with Crippen LogP contribution in [0.4, 0.5) is 5.69 Å². The maximum Gasteiger partial charge on any atom is 0.286 e. The fourth-order valence-corrected chi connectivity index (χ4v) is 3.60. The first-order valence-corrected chi connectivity index (χ1v) is 7.52. The quantitative estimate of drug-likeness (QED) is 0.800. The van der Waals surface area contributed by atoms with Gasteiger partial charge in [-0.1, -0.05) is 12.1 Å². The maximum absolute atomic E-state index is 12.1. The van der Waals surface area contributed by atoms with Gasteiger partial charge in [0.25, 0.3) is 10.0 Å². The van der Waals surface area contributed by atoms with E-state index in [-0.39, 0.29) is 10.8 Å². The van der Waals surface area contributed by atoms with Crippen molar-refractivity contribution < 1.29 is 8.42 Å². The first-order chi connectivity index (χ1) is 8.67. The number of anilines is 1. The fraction of sp³-hybridized carbons (Fsp3) is 0.417. The molecule has 0 radical (unpaired) electrons. The molecule has 1 aromatic carbocycles. The number of amidine groups is 1. The average molecular weight is 265 g/mol. The molecule has 0 spiro atoms. The highest BCUT2D eigenvalue weighted by Crippen LogP contribution is 2.29. The monoisotopic (exact) mass is 265 g/mol. The number of hydrogen-bond acceptors (Lipinski definition) is 4. The van der Waals surface area contributed by atoms with Gasteiger partial charge in [0, 0.05) is 12.5 Å². The van der Waals surface area contributed by atoms with E-state index in [1.807, 2.05) is 6.07 Å². The number of sulfonamides is 1.